The second-order valence-electron chi connectivity index (χ2n) is 9.68. The van der Waals surface area contributed by atoms with E-state index in [1.165, 1.54) is 22.5 Å². The number of amides is 1. The largest absolute Gasteiger partial charge is 0.491 e. The molecule has 2 aromatic rings. The summed E-state index contributed by atoms with van der Waals surface area (Å²) in [5.41, 5.74) is -0.553. The van der Waals surface area contributed by atoms with Crippen LogP contribution in [0, 0.1) is 0 Å². The van der Waals surface area contributed by atoms with Crippen LogP contribution < -0.4 is 10.1 Å². The van der Waals surface area contributed by atoms with Crippen LogP contribution in [0.1, 0.15) is 19.3 Å². The van der Waals surface area contributed by atoms with Crippen molar-refractivity contribution in [2.75, 3.05) is 39.1 Å². The van der Waals surface area contributed by atoms with Crippen LogP contribution in [-0.2, 0) is 29.3 Å². The molecular weight excluding hydrogens is 616 g/mol. The molecule has 4 rings (SSSR count). The first-order valence-electron chi connectivity index (χ1n) is 12.3. The zero-order valence-electron chi connectivity index (χ0n) is 21.3. The lowest BCUT2D eigenvalue weighted by atomic mass is 9.89. The normalized spacial score (nSPS) is 20.4. The van der Waals surface area contributed by atoms with Gasteiger partial charge in [0.2, 0.25) is 10.0 Å². The van der Waals surface area contributed by atoms with Crippen LogP contribution in [-0.4, -0.2) is 89.3 Å². The van der Waals surface area contributed by atoms with Crippen molar-refractivity contribution in [1.29, 1.82) is 0 Å². The number of sulfone groups is 1. The minimum atomic E-state index is -3.62. The van der Waals surface area contributed by atoms with Crippen molar-refractivity contribution in [3.8, 4) is 5.75 Å². The predicted molar refractivity (Wildman–Crippen MR) is 145 cm³/mol. The number of aliphatic hydroxyl groups excluding tert-OH is 1. The number of hydrogen-bond donors (Lipinski definition) is 2. The molecule has 0 saturated carbocycles. The van der Waals surface area contributed by atoms with Crippen molar-refractivity contribution in [3.05, 3.63) is 53.0 Å². The van der Waals surface area contributed by atoms with Crippen LogP contribution in [0.5, 0.6) is 5.75 Å². The number of piperidine rings is 1. The van der Waals surface area contributed by atoms with Gasteiger partial charge in [-0.3, -0.25) is 0 Å². The van der Waals surface area contributed by atoms with E-state index in [0.717, 1.165) is 6.26 Å². The first-order valence-corrected chi connectivity index (χ1v) is 16.4. The summed E-state index contributed by atoms with van der Waals surface area (Å²) < 4.78 is 68.3. The Morgan fingerprint density at radius 3 is 2.54 bits per heavy atom. The maximum absolute atomic E-state index is 13.0. The molecule has 0 aromatic heterocycles. The summed E-state index contributed by atoms with van der Waals surface area (Å²) in [5, 5.41) is 12.6. The molecule has 14 heteroatoms. The third-order valence-electron chi connectivity index (χ3n) is 6.67. The third-order valence-corrected chi connectivity index (χ3v) is 10.2. The van der Waals surface area contributed by atoms with E-state index in [9.17, 15) is 26.7 Å². The van der Waals surface area contributed by atoms with Gasteiger partial charge in [0.25, 0.3) is 0 Å². The molecule has 2 heterocycles. The van der Waals surface area contributed by atoms with Gasteiger partial charge < -0.3 is 24.6 Å². The molecule has 11 nitrogen and oxygen atoms in total. The first kappa shape index (κ1) is 29.7. The van der Waals surface area contributed by atoms with Crippen molar-refractivity contribution in [3.63, 3.8) is 0 Å². The fourth-order valence-corrected chi connectivity index (χ4v) is 7.27. The number of nitrogens with zero attached hydrogens (tertiary/aromatic N) is 1. The van der Waals surface area contributed by atoms with Gasteiger partial charge in [0.15, 0.2) is 9.84 Å². The molecule has 214 valence electrons. The monoisotopic (exact) mass is 646 g/mol. The first-order chi connectivity index (χ1) is 18.4. The number of ether oxygens (including phenoxy) is 3. The van der Waals surface area contributed by atoms with E-state index >= 15 is 0 Å². The quantitative estimate of drug-likeness (QED) is 0.419. The Kier molecular flexibility index (Phi) is 9.23. The van der Waals surface area contributed by atoms with Crippen molar-refractivity contribution >= 4 is 41.9 Å². The number of carbonyl (C=O) groups excluding carboxylic acids is 1. The van der Waals surface area contributed by atoms with Gasteiger partial charge in [0.05, 0.1) is 28.5 Å². The summed E-state index contributed by atoms with van der Waals surface area (Å²) in [4.78, 5) is 12.6. The van der Waals surface area contributed by atoms with Crippen molar-refractivity contribution < 1.29 is 40.9 Å². The molecule has 0 aliphatic carbocycles. The van der Waals surface area contributed by atoms with Gasteiger partial charge in [0.1, 0.15) is 24.6 Å². The van der Waals surface area contributed by atoms with Crippen molar-refractivity contribution in [1.82, 2.24) is 9.62 Å². The molecule has 2 N–H and O–H groups in total. The van der Waals surface area contributed by atoms with Crippen LogP contribution in [0.25, 0.3) is 0 Å². The van der Waals surface area contributed by atoms with Gasteiger partial charge in [-0.25, -0.2) is 21.6 Å². The van der Waals surface area contributed by atoms with E-state index in [2.05, 4.69) is 21.2 Å². The highest BCUT2D eigenvalue weighted by Crippen LogP contribution is 2.38. The van der Waals surface area contributed by atoms with Crippen LogP contribution >= 0.6 is 15.9 Å². The predicted octanol–water partition coefficient (Wildman–Crippen LogP) is 2.33. The summed E-state index contributed by atoms with van der Waals surface area (Å²) in [6.07, 6.45) is 0.247. The van der Waals surface area contributed by atoms with Gasteiger partial charge in [-0.1, -0.05) is 28.1 Å². The molecule has 0 bridgehead atoms. The van der Waals surface area contributed by atoms with Crippen molar-refractivity contribution in [2.24, 2.45) is 0 Å². The van der Waals surface area contributed by atoms with Crippen LogP contribution in [0.2, 0.25) is 0 Å². The maximum atomic E-state index is 13.0. The van der Waals surface area contributed by atoms with E-state index in [0.29, 0.717) is 36.8 Å². The number of halogens is 1. The number of carbonyl (C=O) groups is 1. The summed E-state index contributed by atoms with van der Waals surface area (Å²) in [6.45, 7) is 0.502. The molecule has 2 saturated heterocycles. The Balaban J connectivity index is 1.19. The Hall–Kier alpha value is -2.23. The van der Waals surface area contributed by atoms with Gasteiger partial charge in [-0.05, 0) is 49.2 Å². The topological polar surface area (TPSA) is 149 Å². The summed E-state index contributed by atoms with van der Waals surface area (Å²) in [7, 11) is -7.01. The van der Waals surface area contributed by atoms with Crippen LogP contribution in [0.4, 0.5) is 4.79 Å². The lowest BCUT2D eigenvalue weighted by Crippen LogP contribution is -2.46. The highest BCUT2D eigenvalue weighted by atomic mass is 79.9. The maximum Gasteiger partial charge on any atom is 0.407 e. The average molecular weight is 648 g/mol. The minimum Gasteiger partial charge on any atom is -0.491 e. The fraction of sp³-hybridized carbons (Fsp3) is 0.480. The molecule has 1 spiro atoms. The minimum absolute atomic E-state index is 0.101. The van der Waals surface area contributed by atoms with Gasteiger partial charge in [0, 0.05) is 30.2 Å². The van der Waals surface area contributed by atoms with Gasteiger partial charge in [-0.2, -0.15) is 4.31 Å². The Bertz CT molecular complexity index is 1390. The summed E-state index contributed by atoms with van der Waals surface area (Å²) >= 11 is 3.31. The summed E-state index contributed by atoms with van der Waals surface area (Å²) in [6, 6.07) is 12.5. The second-order valence-corrected chi connectivity index (χ2v) is 14.5. The van der Waals surface area contributed by atoms with Gasteiger partial charge >= 0.3 is 6.09 Å². The fourth-order valence-electron chi connectivity index (χ4n) is 4.58. The molecular formula is C25H31BrN2O9S2. The Morgan fingerprint density at radius 1 is 1.15 bits per heavy atom. The number of rotatable bonds is 9. The molecule has 1 amide bonds. The van der Waals surface area contributed by atoms with Crippen molar-refractivity contribution in [2.45, 2.75) is 46.9 Å². The SMILES string of the molecule is CS(=O)(=O)c1cccc(OC[C@@H](O)CNC(=O)OC2COC3(CCN(S(=O)(=O)c4cccc(Br)c4)CC3)C2)c1. The molecule has 2 fully saturated rings. The van der Waals surface area contributed by atoms with Crippen LogP contribution in [0.15, 0.2) is 62.8 Å². The van der Waals surface area contributed by atoms with E-state index in [4.69, 9.17) is 14.2 Å². The third kappa shape index (κ3) is 7.70. The number of benzene rings is 2. The molecule has 0 radical (unpaired) electrons. The standard InChI is InChI=1S/C25H31BrN2O9S2/c1-38(31,32)22-6-3-5-20(13-22)35-16-19(29)15-27-24(30)37-21-14-25(36-17-21)8-10-28(11-9-25)39(33,34)23-7-2-4-18(26)12-23/h2-7,12-13,19,21,29H,8-11,14-17H2,1H3,(H,27,30)/t19-,21?/m0/s1. The highest BCUT2D eigenvalue weighted by Gasteiger charge is 2.46. The lowest BCUT2D eigenvalue weighted by molar-refractivity contribution is -0.0325. The smallest absolute Gasteiger partial charge is 0.407 e. The second kappa shape index (κ2) is 12.1. The molecule has 2 aromatic carbocycles. The summed E-state index contributed by atoms with van der Waals surface area (Å²) in [5.74, 6) is 0.281. The molecule has 2 aliphatic heterocycles. The molecule has 2 atom stereocenters. The zero-order valence-corrected chi connectivity index (χ0v) is 24.5. The number of nitrogens with one attached hydrogen (secondary N) is 1. The van der Waals surface area contributed by atoms with Gasteiger partial charge in [-0.15, -0.1) is 0 Å². The van der Waals surface area contributed by atoms with E-state index in [-0.39, 0.29) is 35.3 Å². The number of hydrogen-bond acceptors (Lipinski definition) is 9. The van der Waals surface area contributed by atoms with E-state index in [1.54, 1.807) is 30.3 Å². The number of sulfonamides is 1. The molecule has 39 heavy (non-hydrogen) atoms. The lowest BCUT2D eigenvalue weighted by Gasteiger charge is -2.37. The number of aliphatic hydroxyl groups is 1. The molecule has 2 aliphatic rings. The van der Waals surface area contributed by atoms with E-state index in [1.807, 2.05) is 0 Å². The van der Waals surface area contributed by atoms with E-state index < -0.39 is 43.8 Å². The number of alkyl carbamates (subject to hydrolysis) is 1. The highest BCUT2D eigenvalue weighted by molar-refractivity contribution is 9.10. The zero-order chi connectivity index (χ0) is 28.3. The van der Waals surface area contributed by atoms with Crippen LogP contribution in [0.3, 0.4) is 0 Å². The average Bonchev–Trinajstić information content (AvgIpc) is 3.27. The Labute approximate surface area is 236 Å². The molecule has 1 unspecified atom stereocenters. The Morgan fingerprint density at radius 2 is 1.85 bits per heavy atom.